The largest absolute Gasteiger partial charge is 0.453 e. The average molecular weight is 536 g/mol. The number of methoxy groups -OCH3 is 1. The van der Waals surface area contributed by atoms with Crippen molar-refractivity contribution in [1.29, 1.82) is 0 Å². The minimum absolute atomic E-state index is 0.274. The van der Waals surface area contributed by atoms with Crippen molar-refractivity contribution in [2.75, 3.05) is 26.0 Å². The van der Waals surface area contributed by atoms with Gasteiger partial charge < -0.3 is 20.1 Å². The van der Waals surface area contributed by atoms with Gasteiger partial charge in [-0.3, -0.25) is 4.98 Å². The predicted molar refractivity (Wildman–Crippen MR) is 152 cm³/mol. The highest BCUT2D eigenvalue weighted by atomic mass is 32.2. The van der Waals surface area contributed by atoms with E-state index in [1.807, 2.05) is 12.1 Å². The van der Waals surface area contributed by atoms with Crippen molar-refractivity contribution in [2.24, 2.45) is 0 Å². The molecule has 1 aromatic heterocycles. The lowest BCUT2D eigenvalue weighted by atomic mass is 9.93. The summed E-state index contributed by atoms with van der Waals surface area (Å²) in [6.07, 6.45) is 20.2. The zero-order chi connectivity index (χ0) is 26.6. The third-order valence-corrected chi connectivity index (χ3v) is 8.59. The lowest BCUT2D eigenvalue weighted by Gasteiger charge is -2.41. The molecule has 0 aliphatic carbocycles. The molecule has 0 spiro atoms. The molecule has 1 aliphatic heterocycles. The van der Waals surface area contributed by atoms with Crippen LogP contribution in [0, 0.1) is 0 Å². The molecule has 0 radical (unpaired) electrons. The molecule has 1 aromatic rings. The van der Waals surface area contributed by atoms with E-state index in [-0.39, 0.29) is 17.4 Å². The molecule has 7 nitrogen and oxygen atoms in total. The summed E-state index contributed by atoms with van der Waals surface area (Å²) in [6, 6.07) is 3.89. The van der Waals surface area contributed by atoms with E-state index >= 15 is 0 Å². The predicted octanol–water partition coefficient (Wildman–Crippen LogP) is 7.48. The van der Waals surface area contributed by atoms with Gasteiger partial charge in [0, 0.05) is 12.7 Å². The Kier molecular flexibility index (Phi) is 16.2. The van der Waals surface area contributed by atoms with Gasteiger partial charge >= 0.3 is 12.2 Å². The molecule has 0 saturated carbocycles. The van der Waals surface area contributed by atoms with Crippen molar-refractivity contribution in [3.8, 4) is 0 Å². The minimum atomic E-state index is -0.494. The quantitative estimate of drug-likeness (QED) is 0.168. The van der Waals surface area contributed by atoms with Gasteiger partial charge in [-0.1, -0.05) is 96.5 Å². The van der Waals surface area contributed by atoms with Gasteiger partial charge in [0.15, 0.2) is 0 Å². The van der Waals surface area contributed by atoms with Gasteiger partial charge in [-0.25, -0.2) is 9.59 Å². The molecule has 210 valence electrons. The number of carbonyl (C=O) groups excluding carboxylic acids is 2. The Morgan fingerprint density at radius 2 is 1.51 bits per heavy atom. The summed E-state index contributed by atoms with van der Waals surface area (Å²) in [5.41, 5.74) is 1.77. The fourth-order valence-electron chi connectivity index (χ4n) is 4.72. The van der Waals surface area contributed by atoms with E-state index in [0.29, 0.717) is 13.2 Å². The van der Waals surface area contributed by atoms with Crippen LogP contribution in [0.1, 0.15) is 114 Å². The molecule has 8 heteroatoms. The molecule has 1 atom stereocenters. The zero-order valence-electron chi connectivity index (χ0n) is 23.2. The van der Waals surface area contributed by atoms with Crippen LogP contribution in [0.3, 0.4) is 0 Å². The van der Waals surface area contributed by atoms with Crippen molar-refractivity contribution < 1.29 is 19.1 Å². The summed E-state index contributed by atoms with van der Waals surface area (Å²) in [6.45, 7) is 3.49. The molecule has 1 saturated heterocycles. The molecule has 37 heavy (non-hydrogen) atoms. The van der Waals surface area contributed by atoms with E-state index in [0.717, 1.165) is 36.3 Å². The van der Waals surface area contributed by atoms with E-state index in [1.165, 1.54) is 84.2 Å². The first-order valence-electron chi connectivity index (χ1n) is 14.4. The van der Waals surface area contributed by atoms with Crippen molar-refractivity contribution in [2.45, 2.75) is 115 Å². The molecule has 0 aromatic carbocycles. The number of nitrogens with zero attached hydrogens (tertiary/aromatic N) is 1. The number of carbonyl (C=O) groups is 2. The van der Waals surface area contributed by atoms with Crippen LogP contribution < -0.4 is 10.6 Å². The monoisotopic (exact) mass is 535 g/mol. The standard InChI is InChI=1S/C29H49N3O4S/c1-3-4-5-6-7-8-9-10-11-12-13-14-15-16-20-31-28(34)36-24-29(19-22-37-29)25-18-17-21-30-26(25)23-32-27(33)35-2/h17-18,21H,3-16,19-20,22-24H2,1-2H3,(H,31,34)(H,32,33). The highest BCUT2D eigenvalue weighted by Gasteiger charge is 2.43. The normalized spacial score (nSPS) is 16.6. The van der Waals surface area contributed by atoms with Gasteiger partial charge in [-0.05, 0) is 30.2 Å². The van der Waals surface area contributed by atoms with Crippen molar-refractivity contribution >= 4 is 23.9 Å². The van der Waals surface area contributed by atoms with Crippen LogP contribution in [-0.2, 0) is 20.8 Å². The number of ether oxygens (including phenoxy) is 2. The molecule has 2 N–H and O–H groups in total. The third-order valence-electron chi connectivity index (χ3n) is 7.09. The number of amides is 2. The van der Waals surface area contributed by atoms with Crippen LogP contribution in [0.15, 0.2) is 18.3 Å². The summed E-state index contributed by atoms with van der Waals surface area (Å²) in [5, 5.41) is 5.59. The fraction of sp³-hybridized carbons (Fsp3) is 0.759. The van der Waals surface area contributed by atoms with E-state index in [4.69, 9.17) is 4.74 Å². The number of pyridine rings is 1. The van der Waals surface area contributed by atoms with Crippen LogP contribution >= 0.6 is 11.8 Å². The van der Waals surface area contributed by atoms with Gasteiger partial charge in [0.1, 0.15) is 6.61 Å². The number of hydrogen-bond acceptors (Lipinski definition) is 6. The van der Waals surface area contributed by atoms with Gasteiger partial charge in [0.2, 0.25) is 0 Å². The van der Waals surface area contributed by atoms with Gasteiger partial charge in [-0.15, -0.1) is 11.8 Å². The van der Waals surface area contributed by atoms with Crippen molar-refractivity contribution in [3.63, 3.8) is 0 Å². The lowest BCUT2D eigenvalue weighted by Crippen LogP contribution is -2.40. The Balaban J connectivity index is 1.53. The minimum Gasteiger partial charge on any atom is -0.453 e. The fourth-order valence-corrected chi connectivity index (χ4v) is 5.90. The highest BCUT2D eigenvalue weighted by Crippen LogP contribution is 2.50. The molecular formula is C29H49N3O4S. The van der Waals surface area contributed by atoms with Crippen LogP contribution in [0.5, 0.6) is 0 Å². The van der Waals surface area contributed by atoms with Crippen molar-refractivity contribution in [1.82, 2.24) is 15.6 Å². The molecule has 2 rings (SSSR count). The first-order valence-corrected chi connectivity index (χ1v) is 15.4. The second-order valence-electron chi connectivity index (χ2n) is 10.0. The molecule has 2 amide bonds. The van der Waals surface area contributed by atoms with Crippen LogP contribution in [0.2, 0.25) is 0 Å². The SMILES string of the molecule is CCCCCCCCCCCCCCCCNC(=O)OCC1(c2cccnc2CNC(=O)OC)CCS1. The highest BCUT2D eigenvalue weighted by molar-refractivity contribution is 8.01. The number of nitrogens with one attached hydrogen (secondary N) is 2. The molecular weight excluding hydrogens is 486 g/mol. The van der Waals surface area contributed by atoms with Crippen LogP contribution in [0.4, 0.5) is 9.59 Å². The first-order chi connectivity index (χ1) is 18.1. The van der Waals surface area contributed by atoms with Gasteiger partial charge in [0.25, 0.3) is 0 Å². The summed E-state index contributed by atoms with van der Waals surface area (Å²) < 4.78 is 9.96. The van der Waals surface area contributed by atoms with E-state index < -0.39 is 6.09 Å². The zero-order valence-corrected chi connectivity index (χ0v) is 24.0. The second-order valence-corrected chi connectivity index (χ2v) is 11.5. The Morgan fingerprint density at radius 3 is 2.05 bits per heavy atom. The van der Waals surface area contributed by atoms with E-state index in [1.54, 1.807) is 18.0 Å². The molecule has 2 heterocycles. The van der Waals surface area contributed by atoms with Gasteiger partial charge in [0.05, 0.1) is 24.1 Å². The maximum absolute atomic E-state index is 12.3. The maximum Gasteiger partial charge on any atom is 0.407 e. The Labute approximate surface area is 228 Å². The molecule has 1 unspecified atom stereocenters. The molecule has 1 fully saturated rings. The molecule has 1 aliphatic rings. The summed E-state index contributed by atoms with van der Waals surface area (Å²) in [5.74, 6) is 1.00. The summed E-state index contributed by atoms with van der Waals surface area (Å²) in [7, 11) is 1.34. The van der Waals surface area contributed by atoms with Crippen molar-refractivity contribution in [3.05, 3.63) is 29.6 Å². The topological polar surface area (TPSA) is 89.5 Å². The number of thioether (sulfide) groups is 1. The Bertz CT molecular complexity index is 773. The Hall–Kier alpha value is -1.96. The smallest absolute Gasteiger partial charge is 0.407 e. The average Bonchev–Trinajstić information content (AvgIpc) is 2.89. The van der Waals surface area contributed by atoms with Gasteiger partial charge in [-0.2, -0.15) is 0 Å². The van der Waals surface area contributed by atoms with E-state index in [2.05, 4.69) is 27.3 Å². The number of rotatable bonds is 20. The van der Waals surface area contributed by atoms with E-state index in [9.17, 15) is 9.59 Å². The molecule has 0 bridgehead atoms. The number of aromatic nitrogens is 1. The summed E-state index contributed by atoms with van der Waals surface area (Å²) in [4.78, 5) is 28.2. The Morgan fingerprint density at radius 1 is 0.919 bits per heavy atom. The summed E-state index contributed by atoms with van der Waals surface area (Å²) >= 11 is 1.76. The number of unbranched alkanes of at least 4 members (excludes halogenated alkanes) is 13. The lowest BCUT2D eigenvalue weighted by molar-refractivity contribution is 0.130. The maximum atomic E-state index is 12.3. The second kappa shape index (κ2) is 19.2. The van der Waals surface area contributed by atoms with Crippen LogP contribution in [-0.4, -0.2) is 43.2 Å². The first kappa shape index (κ1) is 31.3. The number of hydrogen-bond donors (Lipinski definition) is 2. The van der Waals surface area contributed by atoms with Crippen LogP contribution in [0.25, 0.3) is 0 Å². The number of alkyl carbamates (subject to hydrolysis) is 2. The third kappa shape index (κ3) is 12.4.